The molecule has 1 heterocycles. The van der Waals surface area contributed by atoms with Gasteiger partial charge in [-0.1, -0.05) is 54.6 Å². The standard InChI is InChI=1S/C25H26N4O2/c1-17(19-8-4-3-5-9-19)26-25(30)29-23(16-18-12-14-20(31-2)15-13-18)24-27-21-10-6-7-11-22(21)28-24/h3-15,17,23H,16H2,1-2H3,(H,27,28)(H2,26,29,30)/t17-,23-/m1/s1. The fraction of sp³-hybridized carbons (Fsp3) is 0.200. The number of nitrogens with one attached hydrogen (secondary N) is 3. The highest BCUT2D eigenvalue weighted by molar-refractivity contribution is 5.76. The molecule has 0 saturated carbocycles. The van der Waals surface area contributed by atoms with Crippen molar-refractivity contribution in [2.24, 2.45) is 0 Å². The van der Waals surface area contributed by atoms with Crippen molar-refractivity contribution >= 4 is 17.1 Å². The maximum Gasteiger partial charge on any atom is 0.315 e. The quantitative estimate of drug-likeness (QED) is 0.402. The predicted octanol–water partition coefficient (Wildman–Crippen LogP) is 4.92. The molecule has 6 heteroatoms. The number of methoxy groups -OCH3 is 1. The first-order valence-corrected chi connectivity index (χ1v) is 10.3. The van der Waals surface area contributed by atoms with E-state index in [-0.39, 0.29) is 18.1 Å². The van der Waals surface area contributed by atoms with Crippen molar-refractivity contribution in [2.75, 3.05) is 7.11 Å². The third-order valence-corrected chi connectivity index (χ3v) is 5.29. The van der Waals surface area contributed by atoms with Gasteiger partial charge in [-0.15, -0.1) is 0 Å². The predicted molar refractivity (Wildman–Crippen MR) is 122 cm³/mol. The van der Waals surface area contributed by atoms with Gasteiger partial charge in [0, 0.05) is 0 Å². The number of carbonyl (C=O) groups excluding carboxylic acids is 1. The smallest absolute Gasteiger partial charge is 0.315 e. The van der Waals surface area contributed by atoms with Gasteiger partial charge in [-0.05, 0) is 48.7 Å². The first-order valence-electron chi connectivity index (χ1n) is 10.3. The van der Waals surface area contributed by atoms with Crippen LogP contribution in [0.25, 0.3) is 11.0 Å². The Bertz CT molecular complexity index is 1110. The number of nitrogens with zero attached hydrogens (tertiary/aromatic N) is 1. The molecule has 0 fully saturated rings. The number of rotatable bonds is 7. The van der Waals surface area contributed by atoms with Gasteiger partial charge < -0.3 is 20.4 Å². The number of hydrogen-bond donors (Lipinski definition) is 3. The van der Waals surface area contributed by atoms with E-state index in [0.29, 0.717) is 6.42 Å². The van der Waals surface area contributed by atoms with E-state index in [1.165, 1.54) is 0 Å². The molecule has 158 valence electrons. The Labute approximate surface area is 181 Å². The van der Waals surface area contributed by atoms with Crippen LogP contribution in [0.4, 0.5) is 4.79 Å². The molecule has 2 amide bonds. The summed E-state index contributed by atoms with van der Waals surface area (Å²) in [6, 6.07) is 24.9. The minimum absolute atomic E-state index is 0.112. The van der Waals surface area contributed by atoms with Crippen LogP contribution in [0, 0.1) is 0 Å². The highest BCUT2D eigenvalue weighted by Crippen LogP contribution is 2.22. The molecule has 31 heavy (non-hydrogen) atoms. The number of hydrogen-bond acceptors (Lipinski definition) is 3. The maximum absolute atomic E-state index is 12.8. The number of H-pyrrole nitrogens is 1. The summed E-state index contributed by atoms with van der Waals surface area (Å²) < 4.78 is 5.25. The Kier molecular flexibility index (Phi) is 6.17. The molecule has 6 nitrogen and oxygen atoms in total. The van der Waals surface area contributed by atoms with E-state index >= 15 is 0 Å². The molecule has 4 rings (SSSR count). The van der Waals surface area contributed by atoms with Gasteiger partial charge in [0.2, 0.25) is 0 Å². The second-order valence-corrected chi connectivity index (χ2v) is 7.49. The van der Waals surface area contributed by atoms with Crippen molar-refractivity contribution in [2.45, 2.75) is 25.4 Å². The summed E-state index contributed by atoms with van der Waals surface area (Å²) in [4.78, 5) is 20.9. The topological polar surface area (TPSA) is 79.0 Å². The van der Waals surface area contributed by atoms with Crippen LogP contribution in [0.1, 0.15) is 36.0 Å². The summed E-state index contributed by atoms with van der Waals surface area (Å²) in [6.45, 7) is 1.97. The Morgan fingerprint density at radius 2 is 1.68 bits per heavy atom. The zero-order valence-electron chi connectivity index (χ0n) is 17.6. The molecular formula is C25H26N4O2. The number of para-hydroxylation sites is 2. The Hall–Kier alpha value is -3.80. The lowest BCUT2D eigenvalue weighted by Gasteiger charge is -2.20. The molecule has 4 aromatic rings. The second-order valence-electron chi connectivity index (χ2n) is 7.49. The second kappa shape index (κ2) is 9.34. The lowest BCUT2D eigenvalue weighted by molar-refractivity contribution is 0.233. The van der Waals surface area contributed by atoms with Gasteiger partial charge in [0.15, 0.2) is 0 Å². The molecule has 3 aromatic carbocycles. The molecule has 3 N–H and O–H groups in total. The van der Waals surface area contributed by atoms with Crippen LogP contribution in [0.15, 0.2) is 78.9 Å². The minimum atomic E-state index is -0.316. The summed E-state index contributed by atoms with van der Waals surface area (Å²) in [7, 11) is 1.64. The molecule has 0 bridgehead atoms. The van der Waals surface area contributed by atoms with Gasteiger partial charge in [-0.25, -0.2) is 9.78 Å². The van der Waals surface area contributed by atoms with E-state index in [1.54, 1.807) is 7.11 Å². The normalized spacial score (nSPS) is 12.8. The number of urea groups is 1. The molecule has 0 unspecified atom stereocenters. The fourth-order valence-corrected chi connectivity index (χ4v) is 3.57. The summed E-state index contributed by atoms with van der Waals surface area (Å²) in [5.41, 5.74) is 3.94. The average Bonchev–Trinajstić information content (AvgIpc) is 3.24. The molecule has 0 aliphatic rings. The first kappa shape index (κ1) is 20.5. The van der Waals surface area contributed by atoms with Gasteiger partial charge in [0.25, 0.3) is 0 Å². The number of aromatic amines is 1. The number of amides is 2. The van der Waals surface area contributed by atoms with Crippen molar-refractivity contribution in [1.29, 1.82) is 0 Å². The molecule has 0 aliphatic carbocycles. The number of aromatic nitrogens is 2. The maximum atomic E-state index is 12.8. The first-order chi connectivity index (χ1) is 15.1. The van der Waals surface area contributed by atoms with Gasteiger partial charge in [-0.3, -0.25) is 0 Å². The molecule has 1 aromatic heterocycles. The summed E-state index contributed by atoms with van der Waals surface area (Å²) in [6.07, 6.45) is 0.594. The van der Waals surface area contributed by atoms with Crippen LogP contribution in [0.3, 0.4) is 0 Å². The highest BCUT2D eigenvalue weighted by Gasteiger charge is 2.20. The van der Waals surface area contributed by atoms with Gasteiger partial charge in [0.05, 0.1) is 30.2 Å². The van der Waals surface area contributed by atoms with Crippen LogP contribution in [0.2, 0.25) is 0 Å². The van der Waals surface area contributed by atoms with Crippen LogP contribution < -0.4 is 15.4 Å². The van der Waals surface area contributed by atoms with Crippen LogP contribution in [-0.2, 0) is 6.42 Å². The number of ether oxygens (including phenoxy) is 1. The zero-order chi connectivity index (χ0) is 21.6. The minimum Gasteiger partial charge on any atom is -0.497 e. The van der Waals surface area contributed by atoms with E-state index in [0.717, 1.165) is 33.7 Å². The van der Waals surface area contributed by atoms with E-state index in [4.69, 9.17) is 9.72 Å². The van der Waals surface area contributed by atoms with Gasteiger partial charge in [0.1, 0.15) is 11.6 Å². The third kappa shape index (κ3) is 5.04. The van der Waals surface area contributed by atoms with Gasteiger partial charge >= 0.3 is 6.03 Å². The van der Waals surface area contributed by atoms with Crippen LogP contribution in [0.5, 0.6) is 5.75 Å². The zero-order valence-corrected chi connectivity index (χ0v) is 17.6. The van der Waals surface area contributed by atoms with Crippen LogP contribution in [-0.4, -0.2) is 23.1 Å². The lowest BCUT2D eigenvalue weighted by Crippen LogP contribution is -2.40. The van der Waals surface area contributed by atoms with Crippen molar-refractivity contribution in [1.82, 2.24) is 20.6 Å². The summed E-state index contributed by atoms with van der Waals surface area (Å²) in [5.74, 6) is 1.52. The number of fused-ring (bicyclic) bond motifs is 1. The summed E-state index contributed by atoms with van der Waals surface area (Å²) in [5, 5.41) is 6.12. The Morgan fingerprint density at radius 1 is 0.968 bits per heavy atom. The fourth-order valence-electron chi connectivity index (χ4n) is 3.57. The Balaban J connectivity index is 1.54. The monoisotopic (exact) mass is 414 g/mol. The molecule has 0 saturated heterocycles. The van der Waals surface area contributed by atoms with Crippen molar-refractivity contribution in [3.05, 3.63) is 95.8 Å². The lowest BCUT2D eigenvalue weighted by atomic mass is 10.1. The van der Waals surface area contributed by atoms with Crippen molar-refractivity contribution in [3.63, 3.8) is 0 Å². The van der Waals surface area contributed by atoms with Crippen LogP contribution >= 0.6 is 0 Å². The van der Waals surface area contributed by atoms with Crippen molar-refractivity contribution < 1.29 is 9.53 Å². The summed E-state index contributed by atoms with van der Waals surface area (Å²) >= 11 is 0. The van der Waals surface area contributed by atoms with E-state index in [9.17, 15) is 4.79 Å². The number of imidazole rings is 1. The molecule has 0 aliphatic heterocycles. The Morgan fingerprint density at radius 3 is 2.39 bits per heavy atom. The van der Waals surface area contributed by atoms with Crippen molar-refractivity contribution in [3.8, 4) is 5.75 Å². The van der Waals surface area contributed by atoms with E-state index < -0.39 is 0 Å². The number of benzene rings is 3. The largest absolute Gasteiger partial charge is 0.497 e. The molecule has 0 spiro atoms. The SMILES string of the molecule is COc1ccc(C[C@@H](NC(=O)N[C@H](C)c2ccccc2)c2nc3ccccc3[nH]2)cc1. The molecule has 2 atom stereocenters. The molecular weight excluding hydrogens is 388 g/mol. The van der Waals surface area contributed by atoms with E-state index in [2.05, 4.69) is 15.6 Å². The van der Waals surface area contributed by atoms with E-state index in [1.807, 2.05) is 85.8 Å². The molecule has 0 radical (unpaired) electrons. The highest BCUT2D eigenvalue weighted by atomic mass is 16.5. The average molecular weight is 415 g/mol. The van der Waals surface area contributed by atoms with Gasteiger partial charge in [-0.2, -0.15) is 0 Å². The number of carbonyl (C=O) groups is 1. The third-order valence-electron chi connectivity index (χ3n) is 5.29.